The zero-order valence-electron chi connectivity index (χ0n) is 18.5. The number of nitrogens with one attached hydrogen (secondary N) is 2. The van der Waals surface area contributed by atoms with Crippen molar-refractivity contribution in [3.63, 3.8) is 0 Å². The molecule has 0 bridgehead atoms. The Kier molecular flexibility index (Phi) is 4.98. The van der Waals surface area contributed by atoms with Crippen molar-refractivity contribution in [2.45, 2.75) is 58.2 Å². The molecule has 0 atom stereocenters. The maximum absolute atomic E-state index is 13.0. The number of amides is 1. The van der Waals surface area contributed by atoms with E-state index >= 15 is 0 Å². The summed E-state index contributed by atoms with van der Waals surface area (Å²) in [5, 5.41) is 10.8. The number of rotatable bonds is 6. The van der Waals surface area contributed by atoms with Crippen LogP contribution in [-0.4, -0.2) is 53.0 Å². The molecule has 172 valence electrons. The third kappa shape index (κ3) is 3.98. The molecular formula is C22H24F2N8O. The molecule has 1 fully saturated rings. The van der Waals surface area contributed by atoms with E-state index in [0.717, 1.165) is 29.5 Å². The Morgan fingerprint density at radius 2 is 2.06 bits per heavy atom. The molecule has 33 heavy (non-hydrogen) atoms. The molecular weight excluding hydrogens is 430 g/mol. The van der Waals surface area contributed by atoms with E-state index in [-0.39, 0.29) is 17.5 Å². The largest absolute Gasteiger partial charge is 0.351 e. The quantitative estimate of drug-likeness (QED) is 0.464. The van der Waals surface area contributed by atoms with Gasteiger partial charge in [0, 0.05) is 42.0 Å². The van der Waals surface area contributed by atoms with Gasteiger partial charge in [0.25, 0.3) is 6.43 Å². The topological polar surface area (TPSA) is 102 Å². The number of aryl methyl sites for hydroxylation is 1. The highest BCUT2D eigenvalue weighted by Crippen LogP contribution is 2.34. The highest BCUT2D eigenvalue weighted by molar-refractivity contribution is 5.85. The average Bonchev–Trinajstić information content (AvgIpc) is 3.26. The molecule has 11 heteroatoms. The number of aromatic nitrogens is 6. The van der Waals surface area contributed by atoms with Gasteiger partial charge in [0.2, 0.25) is 11.9 Å². The Hall–Kier alpha value is -3.63. The maximum Gasteiger partial charge on any atom is 0.256 e. The Balaban J connectivity index is 1.39. The zero-order chi connectivity index (χ0) is 23.3. The Labute approximate surface area is 188 Å². The van der Waals surface area contributed by atoms with E-state index in [1.54, 1.807) is 23.8 Å². The molecule has 0 unspecified atom stereocenters. The SMILES string of the molecule is CC(=O)N[C@]1(C)C[C@H](Nc2ncc3c(-c4cnc5nc(C)n(CC(F)F)c5c4)ccn3n2)C1. The number of pyridine rings is 1. The van der Waals surface area contributed by atoms with Crippen molar-refractivity contribution < 1.29 is 13.6 Å². The summed E-state index contributed by atoms with van der Waals surface area (Å²) < 4.78 is 29.3. The van der Waals surface area contributed by atoms with E-state index in [9.17, 15) is 13.6 Å². The predicted octanol–water partition coefficient (Wildman–Crippen LogP) is 3.18. The number of anilines is 1. The molecule has 1 aliphatic rings. The standard InChI is InChI=1S/C22H24F2N8O/c1-12-27-20-17(31(12)11-19(23)24)6-14(9-25-20)16-4-5-32-18(16)10-26-21(30-32)28-15-7-22(3,8-15)29-13(2)33/h4-6,9-10,15,19H,7-8,11H2,1-3H3,(H,28,30)(H,29,33)/t15-,22+. The van der Waals surface area contributed by atoms with Gasteiger partial charge < -0.3 is 15.2 Å². The van der Waals surface area contributed by atoms with E-state index in [1.165, 1.54) is 11.5 Å². The first-order valence-corrected chi connectivity index (χ1v) is 10.7. The van der Waals surface area contributed by atoms with Crippen LogP contribution < -0.4 is 10.6 Å². The highest BCUT2D eigenvalue weighted by atomic mass is 19.3. The Morgan fingerprint density at radius 3 is 2.79 bits per heavy atom. The number of nitrogens with zero attached hydrogens (tertiary/aromatic N) is 6. The van der Waals surface area contributed by atoms with Crippen molar-refractivity contribution >= 4 is 28.5 Å². The molecule has 2 N–H and O–H groups in total. The number of carbonyl (C=O) groups excluding carboxylic acids is 1. The normalized spacial score (nSPS) is 20.4. The van der Waals surface area contributed by atoms with Gasteiger partial charge in [-0.05, 0) is 38.8 Å². The van der Waals surface area contributed by atoms with Crippen molar-refractivity contribution in [3.8, 4) is 11.1 Å². The molecule has 1 amide bonds. The number of alkyl halides is 2. The summed E-state index contributed by atoms with van der Waals surface area (Å²) in [6.07, 6.45) is 4.34. The van der Waals surface area contributed by atoms with Gasteiger partial charge in [-0.15, -0.1) is 5.10 Å². The van der Waals surface area contributed by atoms with Crippen LogP contribution in [-0.2, 0) is 11.3 Å². The summed E-state index contributed by atoms with van der Waals surface area (Å²) in [4.78, 5) is 24.4. The van der Waals surface area contributed by atoms with Crippen LogP contribution in [0.25, 0.3) is 27.8 Å². The molecule has 1 aliphatic carbocycles. The summed E-state index contributed by atoms with van der Waals surface area (Å²) in [5.41, 5.74) is 3.20. The molecule has 4 heterocycles. The third-order valence-electron chi connectivity index (χ3n) is 6.05. The molecule has 0 spiro atoms. The van der Waals surface area contributed by atoms with Crippen molar-refractivity contribution in [3.05, 3.63) is 36.5 Å². The second-order valence-corrected chi connectivity index (χ2v) is 8.86. The van der Waals surface area contributed by atoms with Gasteiger partial charge in [0.15, 0.2) is 5.65 Å². The summed E-state index contributed by atoms with van der Waals surface area (Å²) in [6.45, 7) is 4.81. The molecule has 0 aromatic carbocycles. The molecule has 0 saturated heterocycles. The first-order chi connectivity index (χ1) is 15.7. The summed E-state index contributed by atoms with van der Waals surface area (Å²) in [5.74, 6) is 0.966. The van der Waals surface area contributed by atoms with Crippen LogP contribution in [0, 0.1) is 6.92 Å². The Morgan fingerprint density at radius 1 is 1.27 bits per heavy atom. The van der Waals surface area contributed by atoms with Crippen LogP contribution in [0.2, 0.25) is 0 Å². The molecule has 1 saturated carbocycles. The van der Waals surface area contributed by atoms with Crippen LogP contribution in [0.4, 0.5) is 14.7 Å². The smallest absolute Gasteiger partial charge is 0.256 e. The van der Waals surface area contributed by atoms with E-state index < -0.39 is 13.0 Å². The van der Waals surface area contributed by atoms with Gasteiger partial charge in [-0.3, -0.25) is 4.79 Å². The van der Waals surface area contributed by atoms with Gasteiger partial charge in [-0.2, -0.15) is 0 Å². The van der Waals surface area contributed by atoms with Crippen LogP contribution in [0.5, 0.6) is 0 Å². The number of imidazole rings is 1. The van der Waals surface area contributed by atoms with E-state index in [4.69, 9.17) is 0 Å². The van der Waals surface area contributed by atoms with Gasteiger partial charge in [0.05, 0.1) is 23.8 Å². The van der Waals surface area contributed by atoms with E-state index in [0.29, 0.717) is 22.9 Å². The first kappa shape index (κ1) is 21.2. The fourth-order valence-electron chi connectivity index (χ4n) is 4.68. The van der Waals surface area contributed by atoms with Crippen LogP contribution in [0.15, 0.2) is 30.7 Å². The fourth-order valence-corrected chi connectivity index (χ4v) is 4.68. The monoisotopic (exact) mass is 454 g/mol. The van der Waals surface area contributed by atoms with Crippen molar-refractivity contribution in [2.24, 2.45) is 0 Å². The van der Waals surface area contributed by atoms with Crippen molar-refractivity contribution in [1.82, 2.24) is 34.4 Å². The lowest BCUT2D eigenvalue weighted by Gasteiger charge is -2.45. The molecule has 4 aromatic rings. The van der Waals surface area contributed by atoms with Crippen LogP contribution in [0.1, 0.15) is 32.5 Å². The second kappa shape index (κ2) is 7.75. The molecule has 9 nitrogen and oxygen atoms in total. The number of fused-ring (bicyclic) bond motifs is 2. The molecule has 0 radical (unpaired) electrons. The minimum Gasteiger partial charge on any atom is -0.351 e. The lowest BCUT2D eigenvalue weighted by Crippen LogP contribution is -2.59. The van der Waals surface area contributed by atoms with E-state index in [1.807, 2.05) is 25.3 Å². The second-order valence-electron chi connectivity index (χ2n) is 8.86. The van der Waals surface area contributed by atoms with Crippen molar-refractivity contribution in [1.29, 1.82) is 0 Å². The first-order valence-electron chi connectivity index (χ1n) is 10.7. The average molecular weight is 454 g/mol. The van der Waals surface area contributed by atoms with E-state index in [2.05, 4.69) is 30.7 Å². The number of hydrogen-bond acceptors (Lipinski definition) is 6. The molecule has 5 rings (SSSR count). The maximum atomic E-state index is 13.0. The van der Waals surface area contributed by atoms with Gasteiger partial charge in [0.1, 0.15) is 5.82 Å². The third-order valence-corrected chi connectivity index (χ3v) is 6.05. The number of carbonyl (C=O) groups is 1. The van der Waals surface area contributed by atoms with Crippen molar-refractivity contribution in [2.75, 3.05) is 5.32 Å². The van der Waals surface area contributed by atoms with Crippen LogP contribution in [0.3, 0.4) is 0 Å². The zero-order valence-corrected chi connectivity index (χ0v) is 18.5. The Bertz CT molecular complexity index is 1360. The highest BCUT2D eigenvalue weighted by Gasteiger charge is 2.41. The lowest BCUT2D eigenvalue weighted by molar-refractivity contribution is -0.121. The minimum atomic E-state index is -2.48. The van der Waals surface area contributed by atoms with Gasteiger partial charge >= 0.3 is 0 Å². The lowest BCUT2D eigenvalue weighted by atomic mass is 9.74. The summed E-state index contributed by atoms with van der Waals surface area (Å²) in [7, 11) is 0. The minimum absolute atomic E-state index is 0.0337. The summed E-state index contributed by atoms with van der Waals surface area (Å²) >= 11 is 0. The molecule has 0 aliphatic heterocycles. The van der Waals surface area contributed by atoms with Gasteiger partial charge in [-0.1, -0.05) is 0 Å². The summed E-state index contributed by atoms with van der Waals surface area (Å²) in [6, 6.07) is 3.90. The predicted molar refractivity (Wildman–Crippen MR) is 119 cm³/mol. The molecule has 4 aromatic heterocycles. The van der Waals surface area contributed by atoms with Crippen LogP contribution >= 0.6 is 0 Å². The number of halogens is 2. The van der Waals surface area contributed by atoms with Gasteiger partial charge in [-0.25, -0.2) is 28.2 Å². The number of hydrogen-bond donors (Lipinski definition) is 2. The fraction of sp³-hybridized carbons (Fsp3) is 0.409.